The second-order valence-corrected chi connectivity index (χ2v) is 8.46. The minimum Gasteiger partial charge on any atom is -0.352 e. The van der Waals surface area contributed by atoms with E-state index in [0.29, 0.717) is 19.4 Å². The van der Waals surface area contributed by atoms with Crippen LogP contribution in [0.2, 0.25) is 0 Å². The van der Waals surface area contributed by atoms with Gasteiger partial charge in [-0.25, -0.2) is 4.79 Å². The van der Waals surface area contributed by atoms with Crippen molar-refractivity contribution < 1.29 is 24.0 Å². The second kappa shape index (κ2) is 13.7. The normalized spacial score (nSPS) is 13.1. The number of amides is 4. The molecule has 0 aliphatic carbocycles. The fourth-order valence-corrected chi connectivity index (χ4v) is 2.77. The summed E-state index contributed by atoms with van der Waals surface area (Å²) in [4.78, 5) is 60.0. The Morgan fingerprint density at radius 2 is 1.43 bits per heavy atom. The number of urea groups is 1. The Balaban J connectivity index is 5.00. The molecule has 4 amide bonds. The molecule has 0 rings (SSSR count). The first kappa shape index (κ1) is 27.5. The summed E-state index contributed by atoms with van der Waals surface area (Å²) in [6, 6.07) is -2.20. The molecule has 9 heteroatoms. The molecule has 0 heterocycles. The number of nitrogens with one attached hydrogen (secondary N) is 3. The largest absolute Gasteiger partial charge is 0.352 e. The molecule has 0 aromatic rings. The number of Topliss-reactive ketones (excluding diaryl/α,β-unsaturated/α-hetero) is 2. The van der Waals surface area contributed by atoms with Crippen LogP contribution in [-0.2, 0) is 19.2 Å². The van der Waals surface area contributed by atoms with Crippen LogP contribution in [0.3, 0.4) is 0 Å². The molecule has 0 bridgehead atoms. The number of ketones is 2. The highest BCUT2D eigenvalue weighted by molar-refractivity contribution is 5.94. The quantitative estimate of drug-likeness (QED) is 0.309. The highest BCUT2D eigenvalue weighted by Gasteiger charge is 2.29. The Morgan fingerprint density at radius 1 is 0.833 bits per heavy atom. The van der Waals surface area contributed by atoms with E-state index in [1.165, 1.54) is 0 Å². The van der Waals surface area contributed by atoms with Gasteiger partial charge in [-0.2, -0.15) is 0 Å². The number of hydrogen-bond acceptors (Lipinski definition) is 5. The Morgan fingerprint density at radius 3 is 1.90 bits per heavy atom. The number of nitrogens with two attached hydrogens (primary N) is 1. The molecule has 0 aliphatic rings. The average molecular weight is 427 g/mol. The van der Waals surface area contributed by atoms with E-state index in [0.717, 1.165) is 0 Å². The summed E-state index contributed by atoms with van der Waals surface area (Å²) in [5, 5.41) is 7.87. The number of carbonyl (C=O) groups is 5. The zero-order valence-electron chi connectivity index (χ0n) is 19.0. The van der Waals surface area contributed by atoms with Gasteiger partial charge in [0.05, 0.1) is 6.04 Å². The van der Waals surface area contributed by atoms with Crippen LogP contribution >= 0.6 is 0 Å². The van der Waals surface area contributed by atoms with Crippen molar-refractivity contribution in [3.05, 3.63) is 0 Å². The van der Waals surface area contributed by atoms with Gasteiger partial charge in [0.2, 0.25) is 11.8 Å². The monoisotopic (exact) mass is 426 g/mol. The van der Waals surface area contributed by atoms with Gasteiger partial charge in [-0.1, -0.05) is 41.5 Å². The lowest BCUT2D eigenvalue weighted by Gasteiger charge is -2.26. The van der Waals surface area contributed by atoms with Gasteiger partial charge in [0.15, 0.2) is 5.78 Å². The molecule has 0 saturated heterocycles. The van der Waals surface area contributed by atoms with Crippen molar-refractivity contribution in [2.24, 2.45) is 23.5 Å². The highest BCUT2D eigenvalue weighted by Crippen LogP contribution is 2.10. The van der Waals surface area contributed by atoms with Crippen LogP contribution in [0.4, 0.5) is 4.79 Å². The molecule has 30 heavy (non-hydrogen) atoms. The van der Waals surface area contributed by atoms with Crippen molar-refractivity contribution in [2.75, 3.05) is 6.54 Å². The third-order valence-corrected chi connectivity index (χ3v) is 4.71. The maximum absolute atomic E-state index is 12.8. The summed E-state index contributed by atoms with van der Waals surface area (Å²) in [6.45, 7) is 10.9. The van der Waals surface area contributed by atoms with Crippen molar-refractivity contribution in [2.45, 2.75) is 79.3 Å². The van der Waals surface area contributed by atoms with Crippen LogP contribution in [0, 0.1) is 17.8 Å². The minimum absolute atomic E-state index is 0.0112. The van der Waals surface area contributed by atoms with E-state index in [2.05, 4.69) is 16.0 Å². The molecule has 0 unspecified atom stereocenters. The molecule has 0 radical (unpaired) electrons. The van der Waals surface area contributed by atoms with Crippen molar-refractivity contribution in [3.63, 3.8) is 0 Å². The topological polar surface area (TPSA) is 147 Å². The first-order valence-corrected chi connectivity index (χ1v) is 10.6. The summed E-state index contributed by atoms with van der Waals surface area (Å²) < 4.78 is 0. The number of rotatable bonds is 14. The van der Waals surface area contributed by atoms with E-state index in [1.807, 2.05) is 0 Å². The predicted molar refractivity (Wildman–Crippen MR) is 114 cm³/mol. The molecule has 9 nitrogen and oxygen atoms in total. The van der Waals surface area contributed by atoms with E-state index < -0.39 is 24.0 Å². The van der Waals surface area contributed by atoms with Crippen molar-refractivity contribution in [1.82, 2.24) is 16.0 Å². The molecule has 0 aliphatic heterocycles. The maximum Gasteiger partial charge on any atom is 0.312 e. The standard InChI is InChI=1S/C21H38N4O5/c1-12(2)16(26)9-10-17(27)25-18(13(3)4)20(29)24-15(19(28)14(5)6)8-7-11-23-21(22)30/h12-15,18H,7-11H2,1-6H3,(H,24,29)(H,25,27)(H3,22,23,30)/t15-,18-/m0/s1. The van der Waals surface area contributed by atoms with Gasteiger partial charge in [-0.3, -0.25) is 19.2 Å². The van der Waals surface area contributed by atoms with Gasteiger partial charge in [-0.15, -0.1) is 0 Å². The fraction of sp³-hybridized carbons (Fsp3) is 0.762. The van der Waals surface area contributed by atoms with E-state index >= 15 is 0 Å². The summed E-state index contributed by atoms with van der Waals surface area (Å²) >= 11 is 0. The molecular weight excluding hydrogens is 388 g/mol. The molecule has 2 atom stereocenters. The SMILES string of the molecule is CC(C)C(=O)CCC(=O)N[C@H](C(=O)N[C@@H](CCCNC(N)=O)C(=O)C(C)C)C(C)C. The van der Waals surface area contributed by atoms with Crippen LogP contribution in [0.15, 0.2) is 0 Å². The third-order valence-electron chi connectivity index (χ3n) is 4.71. The minimum atomic E-state index is -0.821. The van der Waals surface area contributed by atoms with Gasteiger partial charge in [-0.05, 0) is 18.8 Å². The summed E-state index contributed by atoms with van der Waals surface area (Å²) in [5.41, 5.74) is 5.03. The van der Waals surface area contributed by atoms with Gasteiger partial charge < -0.3 is 21.7 Å². The van der Waals surface area contributed by atoms with Crippen LogP contribution < -0.4 is 21.7 Å². The first-order chi connectivity index (χ1) is 13.9. The van der Waals surface area contributed by atoms with E-state index in [9.17, 15) is 24.0 Å². The molecule has 0 aromatic carbocycles. The molecular formula is C21H38N4O5. The number of primary amides is 1. The zero-order chi connectivity index (χ0) is 23.4. The van der Waals surface area contributed by atoms with Crippen LogP contribution in [0.1, 0.15) is 67.2 Å². The highest BCUT2D eigenvalue weighted by atomic mass is 16.2. The summed E-state index contributed by atoms with van der Waals surface area (Å²) in [6.07, 6.45) is 0.935. The van der Waals surface area contributed by atoms with E-state index in [4.69, 9.17) is 5.73 Å². The van der Waals surface area contributed by atoms with E-state index in [-0.39, 0.29) is 48.1 Å². The Kier molecular flexibility index (Phi) is 12.6. The van der Waals surface area contributed by atoms with Gasteiger partial charge in [0.25, 0.3) is 0 Å². The summed E-state index contributed by atoms with van der Waals surface area (Å²) in [5.74, 6) is -1.60. The van der Waals surface area contributed by atoms with E-state index in [1.54, 1.807) is 41.5 Å². The molecule has 172 valence electrons. The second-order valence-electron chi connectivity index (χ2n) is 8.46. The third kappa shape index (κ3) is 10.9. The molecule has 0 saturated carbocycles. The van der Waals surface area contributed by atoms with Gasteiger partial charge >= 0.3 is 6.03 Å². The Bertz CT molecular complexity index is 617. The Hall–Kier alpha value is -2.45. The molecule has 0 spiro atoms. The van der Waals surface area contributed by atoms with Crippen LogP contribution in [0.25, 0.3) is 0 Å². The molecule has 5 N–H and O–H groups in total. The number of hydrogen-bond donors (Lipinski definition) is 4. The lowest BCUT2D eigenvalue weighted by Crippen LogP contribution is -2.54. The zero-order valence-corrected chi connectivity index (χ0v) is 19.0. The summed E-state index contributed by atoms with van der Waals surface area (Å²) in [7, 11) is 0. The maximum atomic E-state index is 12.8. The molecule has 0 fully saturated rings. The lowest BCUT2D eigenvalue weighted by atomic mass is 9.96. The van der Waals surface area contributed by atoms with Crippen LogP contribution in [-0.4, -0.2) is 48.0 Å². The Labute approximate surface area is 179 Å². The van der Waals surface area contributed by atoms with Crippen LogP contribution in [0.5, 0.6) is 0 Å². The predicted octanol–water partition coefficient (Wildman–Crippen LogP) is 1.29. The number of carbonyl (C=O) groups excluding carboxylic acids is 5. The van der Waals surface area contributed by atoms with Gasteiger partial charge in [0.1, 0.15) is 11.8 Å². The van der Waals surface area contributed by atoms with Gasteiger partial charge in [0, 0.05) is 31.2 Å². The van der Waals surface area contributed by atoms with Crippen molar-refractivity contribution in [3.8, 4) is 0 Å². The molecule has 0 aromatic heterocycles. The first-order valence-electron chi connectivity index (χ1n) is 10.6. The smallest absolute Gasteiger partial charge is 0.312 e. The van der Waals surface area contributed by atoms with Crippen molar-refractivity contribution in [1.29, 1.82) is 0 Å². The average Bonchev–Trinajstić information content (AvgIpc) is 2.64. The lowest BCUT2D eigenvalue weighted by molar-refractivity contribution is -0.133. The fourth-order valence-electron chi connectivity index (χ4n) is 2.77. The van der Waals surface area contributed by atoms with Crippen molar-refractivity contribution >= 4 is 29.4 Å².